The molecular formula is C18H23N3O4. The van der Waals surface area contributed by atoms with E-state index in [2.05, 4.69) is 10.3 Å². The molecule has 1 amide bonds. The number of amides is 1. The van der Waals surface area contributed by atoms with Gasteiger partial charge in [0.25, 0.3) is 5.91 Å². The molecule has 7 heteroatoms. The normalized spacial score (nSPS) is 24.7. The van der Waals surface area contributed by atoms with E-state index in [0.717, 1.165) is 5.56 Å². The van der Waals surface area contributed by atoms with Crippen LogP contribution >= 0.6 is 0 Å². The van der Waals surface area contributed by atoms with Gasteiger partial charge >= 0.3 is 5.97 Å². The van der Waals surface area contributed by atoms with Crippen LogP contribution < -0.4 is 5.32 Å². The fraction of sp³-hybridized carbons (Fsp3) is 0.500. The van der Waals surface area contributed by atoms with Gasteiger partial charge in [-0.15, -0.1) is 0 Å². The van der Waals surface area contributed by atoms with Crippen molar-refractivity contribution < 1.29 is 19.4 Å². The predicted octanol–water partition coefficient (Wildman–Crippen LogP) is 2.03. The standard InChI is InChI=1S/C18H23N3O4/c1-5-25-13-9-18(16(23)24,17(13,3)4)20-15(22)12-10-21-7-6-11(2)8-14(21)19-12/h6-8,10,13H,5,9H2,1-4H3,(H,20,22)(H,23,24). The molecule has 2 atom stereocenters. The molecule has 25 heavy (non-hydrogen) atoms. The fourth-order valence-corrected chi connectivity index (χ4v) is 3.49. The number of nitrogens with zero attached hydrogens (tertiary/aromatic N) is 2. The molecule has 7 nitrogen and oxygen atoms in total. The Balaban J connectivity index is 1.87. The molecule has 2 aromatic rings. The first-order valence-electron chi connectivity index (χ1n) is 8.34. The predicted molar refractivity (Wildman–Crippen MR) is 91.6 cm³/mol. The molecule has 0 aliphatic heterocycles. The third kappa shape index (κ3) is 2.59. The van der Waals surface area contributed by atoms with Gasteiger partial charge in [0.2, 0.25) is 0 Å². The van der Waals surface area contributed by atoms with E-state index in [0.29, 0.717) is 12.3 Å². The van der Waals surface area contributed by atoms with Gasteiger partial charge in [-0.25, -0.2) is 9.78 Å². The number of carboxylic acid groups (broad SMARTS) is 1. The van der Waals surface area contributed by atoms with Crippen molar-refractivity contribution in [1.82, 2.24) is 14.7 Å². The summed E-state index contributed by atoms with van der Waals surface area (Å²) >= 11 is 0. The Bertz CT molecular complexity index is 842. The van der Waals surface area contributed by atoms with E-state index >= 15 is 0 Å². The summed E-state index contributed by atoms with van der Waals surface area (Å²) in [6, 6.07) is 3.78. The highest BCUT2D eigenvalue weighted by molar-refractivity contribution is 5.97. The number of pyridine rings is 1. The number of fused-ring (bicyclic) bond motifs is 1. The molecule has 2 N–H and O–H groups in total. The quantitative estimate of drug-likeness (QED) is 0.865. The first-order valence-corrected chi connectivity index (χ1v) is 8.34. The minimum atomic E-state index is -1.37. The van der Waals surface area contributed by atoms with Crippen LogP contribution in [0.1, 0.15) is 43.2 Å². The number of rotatable bonds is 5. The van der Waals surface area contributed by atoms with Crippen LogP contribution in [0, 0.1) is 12.3 Å². The number of hydrogen-bond acceptors (Lipinski definition) is 4. The van der Waals surface area contributed by atoms with Crippen LogP contribution in [-0.4, -0.2) is 44.6 Å². The van der Waals surface area contributed by atoms with Crippen LogP contribution in [0.2, 0.25) is 0 Å². The molecule has 0 aromatic carbocycles. The number of imidazole rings is 1. The molecule has 2 heterocycles. The van der Waals surface area contributed by atoms with Crippen LogP contribution in [0.5, 0.6) is 0 Å². The average Bonchev–Trinajstić information content (AvgIpc) is 2.96. The number of aliphatic carboxylic acids is 1. The Morgan fingerprint density at radius 3 is 2.80 bits per heavy atom. The van der Waals surface area contributed by atoms with Crippen LogP contribution in [0.4, 0.5) is 0 Å². The lowest BCUT2D eigenvalue weighted by molar-refractivity contribution is -0.190. The molecule has 2 unspecified atom stereocenters. The number of hydrogen-bond donors (Lipinski definition) is 2. The number of carbonyl (C=O) groups is 2. The Morgan fingerprint density at radius 1 is 1.48 bits per heavy atom. The maximum atomic E-state index is 12.7. The second-order valence-electron chi connectivity index (χ2n) is 7.13. The fourth-order valence-electron chi connectivity index (χ4n) is 3.49. The zero-order valence-electron chi connectivity index (χ0n) is 14.9. The molecule has 0 bridgehead atoms. The molecule has 1 aliphatic rings. The molecule has 0 saturated heterocycles. The van der Waals surface area contributed by atoms with Crippen molar-refractivity contribution in [2.24, 2.45) is 5.41 Å². The summed E-state index contributed by atoms with van der Waals surface area (Å²) in [4.78, 5) is 28.9. The van der Waals surface area contributed by atoms with E-state index in [4.69, 9.17) is 4.74 Å². The number of ether oxygens (including phenoxy) is 1. The van der Waals surface area contributed by atoms with Crippen molar-refractivity contribution in [2.75, 3.05) is 6.61 Å². The van der Waals surface area contributed by atoms with Gasteiger partial charge in [-0.3, -0.25) is 4.79 Å². The lowest BCUT2D eigenvalue weighted by Crippen LogP contribution is -2.76. The second kappa shape index (κ2) is 5.84. The monoisotopic (exact) mass is 345 g/mol. The number of aryl methyl sites for hydroxylation is 1. The third-order valence-electron chi connectivity index (χ3n) is 5.30. The molecule has 134 valence electrons. The first-order chi connectivity index (χ1) is 11.7. The molecule has 1 saturated carbocycles. The van der Waals surface area contributed by atoms with E-state index in [9.17, 15) is 14.7 Å². The van der Waals surface area contributed by atoms with E-state index in [1.807, 2.05) is 32.2 Å². The van der Waals surface area contributed by atoms with Gasteiger partial charge < -0.3 is 19.6 Å². The van der Waals surface area contributed by atoms with E-state index < -0.39 is 22.8 Å². The van der Waals surface area contributed by atoms with Gasteiger partial charge in [0.05, 0.1) is 6.10 Å². The SMILES string of the molecule is CCOC1CC(NC(=O)c2cn3ccc(C)cc3n2)(C(=O)O)C1(C)C. The first kappa shape index (κ1) is 17.4. The Kier molecular flexibility index (Phi) is 4.07. The smallest absolute Gasteiger partial charge is 0.330 e. The highest BCUT2D eigenvalue weighted by Gasteiger charge is 2.66. The molecule has 0 radical (unpaired) electrons. The number of carboxylic acids is 1. The van der Waals surface area contributed by atoms with Gasteiger partial charge in [0, 0.05) is 30.8 Å². The maximum Gasteiger partial charge on any atom is 0.330 e. The third-order valence-corrected chi connectivity index (χ3v) is 5.30. The van der Waals surface area contributed by atoms with Gasteiger partial charge in [-0.1, -0.05) is 13.8 Å². The van der Waals surface area contributed by atoms with Gasteiger partial charge in [-0.2, -0.15) is 0 Å². The highest BCUT2D eigenvalue weighted by Crippen LogP contribution is 2.51. The van der Waals surface area contributed by atoms with Crippen molar-refractivity contribution >= 4 is 17.5 Å². The van der Waals surface area contributed by atoms with Crippen molar-refractivity contribution in [3.63, 3.8) is 0 Å². The number of nitrogens with one attached hydrogen (secondary N) is 1. The Labute approximate surface area is 146 Å². The summed E-state index contributed by atoms with van der Waals surface area (Å²) < 4.78 is 7.35. The molecule has 0 spiro atoms. The summed E-state index contributed by atoms with van der Waals surface area (Å²) in [5.74, 6) is -1.55. The van der Waals surface area contributed by atoms with Crippen molar-refractivity contribution in [3.8, 4) is 0 Å². The summed E-state index contributed by atoms with van der Waals surface area (Å²) in [6.45, 7) is 7.92. The topological polar surface area (TPSA) is 92.9 Å². The second-order valence-corrected chi connectivity index (χ2v) is 7.13. The summed E-state index contributed by atoms with van der Waals surface area (Å²) in [5.41, 5.74) is -0.209. The van der Waals surface area contributed by atoms with Crippen molar-refractivity contribution in [3.05, 3.63) is 35.8 Å². The molecule has 1 aliphatic carbocycles. The maximum absolute atomic E-state index is 12.7. The molecule has 1 fully saturated rings. The van der Waals surface area contributed by atoms with E-state index in [1.165, 1.54) is 0 Å². The van der Waals surface area contributed by atoms with Gasteiger partial charge in [0.1, 0.15) is 16.9 Å². The number of carbonyl (C=O) groups excluding carboxylic acids is 1. The van der Waals surface area contributed by atoms with Crippen LogP contribution in [-0.2, 0) is 9.53 Å². The lowest BCUT2D eigenvalue weighted by Gasteiger charge is -2.58. The van der Waals surface area contributed by atoms with E-state index in [-0.39, 0.29) is 18.2 Å². The van der Waals surface area contributed by atoms with Gasteiger partial charge in [-0.05, 0) is 31.5 Å². The summed E-state index contributed by atoms with van der Waals surface area (Å²) in [5, 5.41) is 12.5. The average molecular weight is 345 g/mol. The van der Waals surface area contributed by atoms with Crippen LogP contribution in [0.15, 0.2) is 24.5 Å². The highest BCUT2D eigenvalue weighted by atomic mass is 16.5. The number of aromatic nitrogens is 2. The van der Waals surface area contributed by atoms with Crippen LogP contribution in [0.25, 0.3) is 5.65 Å². The zero-order valence-corrected chi connectivity index (χ0v) is 14.9. The zero-order chi connectivity index (χ0) is 18.4. The molecule has 2 aromatic heterocycles. The largest absolute Gasteiger partial charge is 0.479 e. The van der Waals surface area contributed by atoms with Crippen LogP contribution in [0.3, 0.4) is 0 Å². The minimum Gasteiger partial charge on any atom is -0.479 e. The van der Waals surface area contributed by atoms with Crippen molar-refractivity contribution in [2.45, 2.75) is 45.8 Å². The lowest BCUT2D eigenvalue weighted by atomic mass is 9.54. The summed E-state index contributed by atoms with van der Waals surface area (Å²) in [6.07, 6.45) is 3.45. The minimum absolute atomic E-state index is 0.196. The Morgan fingerprint density at radius 2 is 2.20 bits per heavy atom. The molecule has 3 rings (SSSR count). The Hall–Kier alpha value is -2.41. The van der Waals surface area contributed by atoms with E-state index in [1.54, 1.807) is 24.4 Å². The van der Waals surface area contributed by atoms with Crippen molar-refractivity contribution in [1.29, 1.82) is 0 Å². The molecular weight excluding hydrogens is 322 g/mol. The van der Waals surface area contributed by atoms with Gasteiger partial charge in [0.15, 0.2) is 0 Å². The summed E-state index contributed by atoms with van der Waals surface area (Å²) in [7, 11) is 0.